The van der Waals surface area contributed by atoms with E-state index in [0.717, 1.165) is 24.9 Å². The average molecular weight is 540 g/mol. The maximum Gasteiger partial charge on any atom is 0.258 e. The summed E-state index contributed by atoms with van der Waals surface area (Å²) in [4.78, 5) is 32.5. The quantitative estimate of drug-likeness (QED) is 0.589. The topological polar surface area (TPSA) is 82.6 Å². The number of carbonyl (C=O) groups is 2. The first-order valence-electron chi connectivity index (χ1n) is 13.9. The van der Waals surface area contributed by atoms with Gasteiger partial charge in [0.25, 0.3) is 11.8 Å². The van der Waals surface area contributed by atoms with E-state index in [2.05, 4.69) is 0 Å². The molecule has 1 aliphatic rings. The number of aliphatic hydroxyl groups excluding tert-OH is 1. The Hall–Kier alpha value is -3.10. The Morgan fingerprint density at radius 2 is 1.82 bits per heavy atom. The molecule has 0 radical (unpaired) electrons. The van der Waals surface area contributed by atoms with Gasteiger partial charge in [0.2, 0.25) is 0 Å². The summed E-state index contributed by atoms with van der Waals surface area (Å²) in [7, 11) is 5.66. The third kappa shape index (κ3) is 8.19. The fourth-order valence-corrected chi connectivity index (χ4v) is 4.81. The van der Waals surface area contributed by atoms with E-state index in [1.165, 1.54) is 0 Å². The largest absolute Gasteiger partial charge is 0.490 e. The summed E-state index contributed by atoms with van der Waals surface area (Å²) < 4.78 is 12.6. The number of hydrogen-bond acceptors (Lipinski definition) is 6. The zero-order valence-corrected chi connectivity index (χ0v) is 24.3. The first kappa shape index (κ1) is 30.4. The van der Waals surface area contributed by atoms with Crippen LogP contribution in [0.25, 0.3) is 0 Å². The lowest BCUT2D eigenvalue weighted by Gasteiger charge is -2.36. The minimum Gasteiger partial charge on any atom is -0.490 e. The van der Waals surface area contributed by atoms with E-state index in [9.17, 15) is 14.7 Å². The van der Waals surface area contributed by atoms with E-state index < -0.39 is 6.04 Å². The van der Waals surface area contributed by atoms with Gasteiger partial charge in [-0.25, -0.2) is 0 Å². The molecular formula is C31H45N3O5. The number of hydrogen-bond donors (Lipinski definition) is 1. The van der Waals surface area contributed by atoms with Crippen molar-refractivity contribution in [3.8, 4) is 5.75 Å². The monoisotopic (exact) mass is 539 g/mol. The van der Waals surface area contributed by atoms with Crippen LogP contribution in [-0.4, -0.2) is 92.4 Å². The highest BCUT2D eigenvalue weighted by Crippen LogP contribution is 2.29. The van der Waals surface area contributed by atoms with Crippen molar-refractivity contribution in [3.63, 3.8) is 0 Å². The molecule has 8 heteroatoms. The van der Waals surface area contributed by atoms with Crippen LogP contribution >= 0.6 is 0 Å². The zero-order chi connectivity index (χ0) is 28.5. The van der Waals surface area contributed by atoms with Gasteiger partial charge in [-0.3, -0.25) is 9.59 Å². The van der Waals surface area contributed by atoms with Crippen LogP contribution in [0.3, 0.4) is 0 Å². The molecule has 0 unspecified atom stereocenters. The van der Waals surface area contributed by atoms with E-state index in [-0.39, 0.29) is 36.5 Å². The molecular weight excluding hydrogens is 494 g/mol. The summed E-state index contributed by atoms with van der Waals surface area (Å²) in [5, 5.41) is 10.1. The van der Waals surface area contributed by atoms with Gasteiger partial charge in [-0.1, -0.05) is 25.1 Å². The van der Waals surface area contributed by atoms with Crippen molar-refractivity contribution in [2.45, 2.75) is 58.3 Å². The fraction of sp³-hybridized carbons (Fsp3) is 0.548. The van der Waals surface area contributed by atoms with Gasteiger partial charge in [0, 0.05) is 58.0 Å². The lowest BCUT2D eigenvalue weighted by Crippen LogP contribution is -2.48. The van der Waals surface area contributed by atoms with Gasteiger partial charge >= 0.3 is 0 Å². The zero-order valence-electron chi connectivity index (χ0n) is 24.3. The van der Waals surface area contributed by atoms with Gasteiger partial charge in [-0.15, -0.1) is 0 Å². The van der Waals surface area contributed by atoms with Crippen LogP contribution in [0.1, 0.15) is 60.7 Å². The van der Waals surface area contributed by atoms with Crippen LogP contribution in [0.4, 0.5) is 5.69 Å². The van der Waals surface area contributed by atoms with Crippen LogP contribution < -0.4 is 9.64 Å². The van der Waals surface area contributed by atoms with Crippen LogP contribution in [0.2, 0.25) is 0 Å². The van der Waals surface area contributed by atoms with Crippen molar-refractivity contribution in [3.05, 3.63) is 59.7 Å². The molecule has 214 valence electrons. The van der Waals surface area contributed by atoms with Crippen LogP contribution in [0.5, 0.6) is 5.75 Å². The van der Waals surface area contributed by atoms with Gasteiger partial charge in [0.05, 0.1) is 30.4 Å². The van der Waals surface area contributed by atoms with Gasteiger partial charge in [0.15, 0.2) is 0 Å². The van der Waals surface area contributed by atoms with E-state index in [4.69, 9.17) is 9.47 Å². The Morgan fingerprint density at radius 3 is 2.49 bits per heavy atom. The van der Waals surface area contributed by atoms with E-state index >= 15 is 0 Å². The number of amides is 2. The second-order valence-electron chi connectivity index (χ2n) is 10.9. The molecule has 39 heavy (non-hydrogen) atoms. The van der Waals surface area contributed by atoms with Crippen molar-refractivity contribution in [1.82, 2.24) is 9.80 Å². The Kier molecular flexibility index (Phi) is 11.2. The average Bonchev–Trinajstić information content (AvgIpc) is 2.93. The summed E-state index contributed by atoms with van der Waals surface area (Å²) in [6.45, 7) is 7.04. The maximum atomic E-state index is 14.1. The molecule has 0 aromatic heterocycles. The molecule has 1 aliphatic heterocycles. The summed E-state index contributed by atoms with van der Waals surface area (Å²) >= 11 is 0. The van der Waals surface area contributed by atoms with E-state index in [0.29, 0.717) is 36.6 Å². The van der Waals surface area contributed by atoms with Gasteiger partial charge < -0.3 is 29.3 Å². The number of benzene rings is 2. The highest BCUT2D eigenvalue weighted by molar-refractivity contribution is 5.98. The number of fused-ring (bicyclic) bond motifs is 1. The van der Waals surface area contributed by atoms with Crippen molar-refractivity contribution >= 4 is 17.5 Å². The molecule has 8 nitrogen and oxygen atoms in total. The molecule has 0 aliphatic carbocycles. The lowest BCUT2D eigenvalue weighted by molar-refractivity contribution is -0.0149. The Morgan fingerprint density at radius 1 is 1.10 bits per heavy atom. The highest BCUT2D eigenvalue weighted by atomic mass is 16.5. The second kappa shape index (κ2) is 14.3. The predicted octanol–water partition coefficient (Wildman–Crippen LogP) is 4.32. The third-order valence-electron chi connectivity index (χ3n) is 7.37. The summed E-state index contributed by atoms with van der Waals surface area (Å²) in [5.41, 5.74) is 2.00. The molecule has 2 amide bonds. The molecule has 3 rings (SSSR count). The second-order valence-corrected chi connectivity index (χ2v) is 10.9. The van der Waals surface area contributed by atoms with Crippen LogP contribution in [0.15, 0.2) is 48.5 Å². The fourth-order valence-electron chi connectivity index (χ4n) is 4.81. The molecule has 1 N–H and O–H groups in total. The van der Waals surface area contributed by atoms with Gasteiger partial charge in [-0.05, 0) is 63.4 Å². The summed E-state index contributed by atoms with van der Waals surface area (Å²) in [6, 6.07) is 14.5. The smallest absolute Gasteiger partial charge is 0.258 e. The van der Waals surface area contributed by atoms with E-state index in [1.807, 2.05) is 88.3 Å². The Balaban J connectivity index is 1.93. The number of carbonyl (C=O) groups excluding carboxylic acids is 2. The van der Waals surface area contributed by atoms with Gasteiger partial charge in [0.1, 0.15) is 5.75 Å². The third-order valence-corrected chi connectivity index (χ3v) is 7.37. The van der Waals surface area contributed by atoms with Gasteiger partial charge in [-0.2, -0.15) is 0 Å². The SMILES string of the molecule is C[C@H]1CCCCO[C@H](CN(C)C(=O)c2ccccc2)[C@@H](C)CN([C@@H](C)CO)C(=O)c2cc(N(C)C)ccc2O1. The van der Waals surface area contributed by atoms with Crippen LogP contribution in [-0.2, 0) is 4.74 Å². The number of nitrogens with zero attached hydrogens (tertiary/aromatic N) is 3. The molecule has 0 saturated heterocycles. The number of anilines is 1. The molecule has 2 aromatic carbocycles. The van der Waals surface area contributed by atoms with Crippen molar-refractivity contribution in [2.24, 2.45) is 5.92 Å². The van der Waals surface area contributed by atoms with Crippen molar-refractivity contribution in [1.29, 1.82) is 0 Å². The van der Waals surface area contributed by atoms with Crippen LogP contribution in [0, 0.1) is 5.92 Å². The summed E-state index contributed by atoms with van der Waals surface area (Å²) in [5.74, 6) is 0.189. The number of likely N-dealkylation sites (N-methyl/N-ethyl adjacent to an activating group) is 1. The Bertz CT molecular complexity index is 1080. The lowest BCUT2D eigenvalue weighted by atomic mass is 10.0. The minimum absolute atomic E-state index is 0.0708. The molecule has 0 bridgehead atoms. The standard InChI is InChI=1S/C31H45N3O5/c1-22-19-34(23(2)21-35)31(37)27-18-26(32(4)5)15-16-28(27)39-24(3)12-10-11-17-38-29(22)20-33(6)30(36)25-13-8-7-9-14-25/h7-9,13-16,18,22-24,29,35H,10-12,17,19-21H2,1-6H3/t22-,23-,24-,29+/m0/s1. The maximum absolute atomic E-state index is 14.1. The molecule has 0 spiro atoms. The van der Waals surface area contributed by atoms with Crippen molar-refractivity contribution in [2.75, 3.05) is 52.3 Å². The Labute approximate surface area is 233 Å². The molecule has 1 heterocycles. The summed E-state index contributed by atoms with van der Waals surface area (Å²) in [6.07, 6.45) is 2.27. The van der Waals surface area contributed by atoms with E-state index in [1.54, 1.807) is 16.8 Å². The number of aliphatic hydroxyl groups is 1. The molecule has 0 saturated carbocycles. The van der Waals surface area contributed by atoms with Crippen molar-refractivity contribution < 1.29 is 24.2 Å². The first-order chi connectivity index (χ1) is 18.6. The molecule has 2 aromatic rings. The highest BCUT2D eigenvalue weighted by Gasteiger charge is 2.31. The minimum atomic E-state index is -0.412. The normalized spacial score (nSPS) is 21.8. The predicted molar refractivity (Wildman–Crippen MR) is 155 cm³/mol. The molecule has 0 fully saturated rings. The molecule has 4 atom stereocenters. The number of ether oxygens (including phenoxy) is 2. The number of rotatable bonds is 6. The first-order valence-corrected chi connectivity index (χ1v) is 13.9.